The van der Waals surface area contributed by atoms with Crippen molar-refractivity contribution in [1.82, 2.24) is 4.98 Å². The number of nitrogens with zero attached hydrogens (tertiary/aromatic N) is 1. The van der Waals surface area contributed by atoms with Crippen molar-refractivity contribution in [2.24, 2.45) is 10.8 Å². The molecule has 0 unspecified atom stereocenters. The van der Waals surface area contributed by atoms with Gasteiger partial charge in [0.15, 0.2) is 0 Å². The van der Waals surface area contributed by atoms with Crippen LogP contribution in [0.15, 0.2) is 18.2 Å². The van der Waals surface area contributed by atoms with Crippen LogP contribution in [0.3, 0.4) is 0 Å². The Bertz CT molecular complexity index is 496. The summed E-state index contributed by atoms with van der Waals surface area (Å²) in [7, 11) is 0. The van der Waals surface area contributed by atoms with E-state index in [0.717, 1.165) is 23.5 Å². The zero-order valence-electron chi connectivity index (χ0n) is 12.2. The molecule has 1 aliphatic carbocycles. The first-order chi connectivity index (χ1) is 8.19. The number of hydrogen-bond donors (Lipinski definition) is 1. The molecule has 0 amide bonds. The SMILES string of the molecule is Cc1nc(C2=CC(C)(C)CC(C)(C)C2)ccc1N. The van der Waals surface area contributed by atoms with Crippen LogP contribution < -0.4 is 5.73 Å². The number of anilines is 1. The van der Waals surface area contributed by atoms with Crippen molar-refractivity contribution in [3.05, 3.63) is 29.6 Å². The highest BCUT2D eigenvalue weighted by molar-refractivity contribution is 5.66. The number of pyridine rings is 1. The summed E-state index contributed by atoms with van der Waals surface area (Å²) in [5.41, 5.74) is 10.6. The third-order valence-corrected chi connectivity index (χ3v) is 3.62. The van der Waals surface area contributed by atoms with Crippen molar-refractivity contribution in [2.75, 3.05) is 5.73 Å². The third kappa shape index (κ3) is 2.74. The molecule has 0 bridgehead atoms. The topological polar surface area (TPSA) is 38.9 Å². The minimum absolute atomic E-state index is 0.244. The summed E-state index contributed by atoms with van der Waals surface area (Å²) in [6, 6.07) is 4.01. The Labute approximate surface area is 110 Å². The monoisotopic (exact) mass is 244 g/mol. The molecule has 18 heavy (non-hydrogen) atoms. The lowest BCUT2D eigenvalue weighted by Crippen LogP contribution is -2.27. The molecule has 0 atom stereocenters. The summed E-state index contributed by atoms with van der Waals surface area (Å²) in [5, 5.41) is 0. The molecule has 0 saturated carbocycles. The van der Waals surface area contributed by atoms with Gasteiger partial charge >= 0.3 is 0 Å². The van der Waals surface area contributed by atoms with Crippen molar-refractivity contribution in [3.8, 4) is 0 Å². The summed E-state index contributed by atoms with van der Waals surface area (Å²) in [5.74, 6) is 0. The summed E-state index contributed by atoms with van der Waals surface area (Å²) in [4.78, 5) is 4.63. The number of rotatable bonds is 1. The number of allylic oxidation sites excluding steroid dienone is 2. The molecule has 0 aliphatic heterocycles. The molecule has 0 saturated heterocycles. The number of aryl methyl sites for hydroxylation is 1. The van der Waals surface area contributed by atoms with Crippen LogP contribution in [-0.2, 0) is 0 Å². The smallest absolute Gasteiger partial charge is 0.0663 e. The zero-order valence-corrected chi connectivity index (χ0v) is 12.2. The van der Waals surface area contributed by atoms with Gasteiger partial charge in [-0.15, -0.1) is 0 Å². The van der Waals surface area contributed by atoms with Crippen molar-refractivity contribution < 1.29 is 0 Å². The second-order valence-corrected chi connectivity index (χ2v) is 7.05. The van der Waals surface area contributed by atoms with Crippen LogP contribution in [-0.4, -0.2) is 4.98 Å². The molecule has 1 aromatic rings. The first-order valence-corrected chi connectivity index (χ1v) is 6.64. The Kier molecular flexibility index (Phi) is 3.00. The van der Waals surface area contributed by atoms with E-state index >= 15 is 0 Å². The first kappa shape index (κ1) is 13.1. The lowest BCUT2D eigenvalue weighted by molar-refractivity contribution is 0.228. The van der Waals surface area contributed by atoms with Gasteiger partial charge in [-0.05, 0) is 48.3 Å². The summed E-state index contributed by atoms with van der Waals surface area (Å²) in [6.07, 6.45) is 4.69. The lowest BCUT2D eigenvalue weighted by atomic mass is 9.66. The van der Waals surface area contributed by atoms with Gasteiger partial charge in [0.25, 0.3) is 0 Å². The molecule has 2 N–H and O–H groups in total. The second kappa shape index (κ2) is 4.11. The first-order valence-electron chi connectivity index (χ1n) is 6.64. The fourth-order valence-electron chi connectivity index (χ4n) is 3.30. The zero-order chi connectivity index (χ0) is 13.6. The Morgan fingerprint density at radius 3 is 2.39 bits per heavy atom. The van der Waals surface area contributed by atoms with Crippen LogP contribution in [0.1, 0.15) is 51.9 Å². The highest BCUT2D eigenvalue weighted by Crippen LogP contribution is 2.47. The number of nitrogens with two attached hydrogens (primary N) is 1. The van der Waals surface area contributed by atoms with Crippen LogP contribution in [0.5, 0.6) is 0 Å². The van der Waals surface area contributed by atoms with E-state index in [9.17, 15) is 0 Å². The Balaban J connectivity index is 2.43. The van der Waals surface area contributed by atoms with Crippen LogP contribution >= 0.6 is 0 Å². The highest BCUT2D eigenvalue weighted by Gasteiger charge is 2.33. The normalized spacial score (nSPS) is 21.5. The molecule has 0 aromatic carbocycles. The van der Waals surface area contributed by atoms with Crippen LogP contribution in [0.25, 0.3) is 5.57 Å². The standard InChI is InChI=1S/C16H24N2/c1-11-13(17)6-7-14(18-11)12-8-15(2,3)10-16(4,5)9-12/h6-8H,9-10,17H2,1-5H3. The molecule has 1 aliphatic rings. The van der Waals surface area contributed by atoms with Gasteiger partial charge in [0.2, 0.25) is 0 Å². The molecule has 98 valence electrons. The van der Waals surface area contributed by atoms with E-state index in [0.29, 0.717) is 5.41 Å². The summed E-state index contributed by atoms with van der Waals surface area (Å²) >= 11 is 0. The molecule has 2 rings (SSSR count). The average molecular weight is 244 g/mol. The fraction of sp³-hybridized carbons (Fsp3) is 0.562. The molecule has 2 nitrogen and oxygen atoms in total. The van der Waals surface area contributed by atoms with Crippen molar-refractivity contribution in [2.45, 2.75) is 47.5 Å². The minimum Gasteiger partial charge on any atom is -0.397 e. The molecule has 1 heterocycles. The number of hydrogen-bond acceptors (Lipinski definition) is 2. The van der Waals surface area contributed by atoms with E-state index in [-0.39, 0.29) is 5.41 Å². The van der Waals surface area contributed by atoms with E-state index < -0.39 is 0 Å². The quantitative estimate of drug-likeness (QED) is 0.804. The van der Waals surface area contributed by atoms with Gasteiger partial charge in [-0.1, -0.05) is 33.8 Å². The maximum Gasteiger partial charge on any atom is 0.0663 e. The van der Waals surface area contributed by atoms with E-state index in [1.54, 1.807) is 0 Å². The second-order valence-electron chi connectivity index (χ2n) is 7.05. The predicted molar refractivity (Wildman–Crippen MR) is 78.2 cm³/mol. The highest BCUT2D eigenvalue weighted by atomic mass is 14.8. The molecule has 0 radical (unpaired) electrons. The summed E-state index contributed by atoms with van der Waals surface area (Å²) in [6.45, 7) is 11.3. The van der Waals surface area contributed by atoms with E-state index in [1.807, 2.05) is 19.1 Å². The Morgan fingerprint density at radius 2 is 1.83 bits per heavy atom. The molecule has 2 heteroatoms. The largest absolute Gasteiger partial charge is 0.397 e. The molecule has 0 spiro atoms. The molecular formula is C16H24N2. The van der Waals surface area contributed by atoms with E-state index in [2.05, 4.69) is 38.8 Å². The fourth-order valence-corrected chi connectivity index (χ4v) is 3.30. The van der Waals surface area contributed by atoms with Crippen LogP contribution in [0.2, 0.25) is 0 Å². The van der Waals surface area contributed by atoms with Gasteiger partial charge < -0.3 is 5.73 Å². The average Bonchev–Trinajstić information content (AvgIpc) is 2.17. The van der Waals surface area contributed by atoms with Gasteiger partial charge in [0.1, 0.15) is 0 Å². The van der Waals surface area contributed by atoms with Gasteiger partial charge in [-0.25, -0.2) is 0 Å². The maximum absolute atomic E-state index is 5.84. The van der Waals surface area contributed by atoms with Crippen LogP contribution in [0, 0.1) is 17.8 Å². The van der Waals surface area contributed by atoms with Gasteiger partial charge in [-0.2, -0.15) is 0 Å². The lowest BCUT2D eigenvalue weighted by Gasteiger charge is -2.39. The minimum atomic E-state index is 0.244. The summed E-state index contributed by atoms with van der Waals surface area (Å²) < 4.78 is 0. The Hall–Kier alpha value is -1.31. The van der Waals surface area contributed by atoms with Gasteiger partial charge in [-0.3, -0.25) is 4.98 Å². The maximum atomic E-state index is 5.84. The van der Waals surface area contributed by atoms with E-state index in [1.165, 1.54) is 12.0 Å². The third-order valence-electron chi connectivity index (χ3n) is 3.62. The van der Waals surface area contributed by atoms with Gasteiger partial charge in [0, 0.05) is 0 Å². The number of nitrogen functional groups attached to an aromatic ring is 1. The molecular weight excluding hydrogens is 220 g/mol. The van der Waals surface area contributed by atoms with Crippen molar-refractivity contribution >= 4 is 11.3 Å². The van der Waals surface area contributed by atoms with Crippen LogP contribution in [0.4, 0.5) is 5.69 Å². The van der Waals surface area contributed by atoms with Crippen molar-refractivity contribution in [1.29, 1.82) is 0 Å². The molecule has 0 fully saturated rings. The number of aromatic nitrogens is 1. The van der Waals surface area contributed by atoms with E-state index in [4.69, 9.17) is 5.73 Å². The molecule has 1 aromatic heterocycles. The van der Waals surface area contributed by atoms with Crippen molar-refractivity contribution in [3.63, 3.8) is 0 Å². The predicted octanol–water partition coefficient (Wildman–Crippen LogP) is 4.20. The Morgan fingerprint density at radius 1 is 1.17 bits per heavy atom. The van der Waals surface area contributed by atoms with Gasteiger partial charge in [0.05, 0.1) is 17.1 Å².